The molecule has 0 bridgehead atoms. The molecule has 1 aliphatic rings. The molecule has 0 radical (unpaired) electrons. The van der Waals surface area contributed by atoms with Gasteiger partial charge in [0.05, 0.1) is 17.9 Å². The molecule has 0 heterocycles. The summed E-state index contributed by atoms with van der Waals surface area (Å²) in [5.41, 5.74) is 0.149. The Balaban J connectivity index is 2.13. The maximum Gasteiger partial charge on any atom is 0.212 e. The van der Waals surface area contributed by atoms with Crippen molar-refractivity contribution in [2.45, 2.75) is 45.6 Å². The number of benzene rings is 1. The van der Waals surface area contributed by atoms with Crippen molar-refractivity contribution in [3.05, 3.63) is 41.7 Å². The highest BCUT2D eigenvalue weighted by atomic mass is 32.2. The van der Waals surface area contributed by atoms with Gasteiger partial charge >= 0.3 is 0 Å². The minimum atomic E-state index is -3.38. The molecule has 1 fully saturated rings. The molecule has 0 amide bonds. The number of allylic oxidation sites excluding steroid dienone is 2. The van der Waals surface area contributed by atoms with E-state index in [9.17, 15) is 12.8 Å². The number of rotatable bonds is 9. The molecule has 0 spiro atoms. The van der Waals surface area contributed by atoms with E-state index in [1.165, 1.54) is 6.07 Å². The molecule has 1 N–H and O–H groups in total. The number of sulfonamides is 1. The Labute approximate surface area is 144 Å². The maximum absolute atomic E-state index is 13.9. The molecule has 0 aliphatic heterocycles. The zero-order valence-corrected chi connectivity index (χ0v) is 15.3. The number of nitrogens with one attached hydrogen (secondary N) is 1. The Kier molecular flexibility index (Phi) is 6.04. The molecule has 1 aliphatic carbocycles. The van der Waals surface area contributed by atoms with Gasteiger partial charge in [-0.1, -0.05) is 32.1 Å². The van der Waals surface area contributed by atoms with Gasteiger partial charge in [0.15, 0.2) is 11.6 Å². The van der Waals surface area contributed by atoms with Gasteiger partial charge in [-0.05, 0) is 49.8 Å². The van der Waals surface area contributed by atoms with Crippen LogP contribution in [0, 0.1) is 11.7 Å². The van der Waals surface area contributed by atoms with Crippen LogP contribution in [0.5, 0.6) is 5.75 Å². The lowest BCUT2D eigenvalue weighted by atomic mass is 10.1. The minimum Gasteiger partial charge on any atom is -0.490 e. The summed E-state index contributed by atoms with van der Waals surface area (Å²) in [6.07, 6.45) is 5.57. The van der Waals surface area contributed by atoms with Crippen LogP contribution < -0.4 is 9.46 Å². The van der Waals surface area contributed by atoms with E-state index in [1.807, 2.05) is 32.9 Å². The highest BCUT2D eigenvalue weighted by Crippen LogP contribution is 2.47. The van der Waals surface area contributed by atoms with Gasteiger partial charge < -0.3 is 4.74 Å². The second-order valence-corrected chi connectivity index (χ2v) is 8.55. The van der Waals surface area contributed by atoms with Crippen molar-refractivity contribution < 1.29 is 17.5 Å². The van der Waals surface area contributed by atoms with E-state index in [-0.39, 0.29) is 17.4 Å². The van der Waals surface area contributed by atoms with Crippen LogP contribution in [0.1, 0.15) is 45.6 Å². The van der Waals surface area contributed by atoms with Crippen molar-refractivity contribution in [2.75, 3.05) is 12.4 Å². The molecule has 134 valence electrons. The van der Waals surface area contributed by atoms with Crippen LogP contribution in [-0.2, 0) is 15.6 Å². The monoisotopic (exact) mass is 355 g/mol. The van der Waals surface area contributed by atoms with Gasteiger partial charge in [0.25, 0.3) is 0 Å². The number of hydrogen-bond acceptors (Lipinski definition) is 3. The fourth-order valence-electron chi connectivity index (χ4n) is 2.48. The van der Waals surface area contributed by atoms with Crippen LogP contribution in [0.25, 0.3) is 0 Å². The predicted octanol–water partition coefficient (Wildman–Crippen LogP) is 3.74. The van der Waals surface area contributed by atoms with Crippen molar-refractivity contribution in [3.63, 3.8) is 0 Å². The summed E-state index contributed by atoms with van der Waals surface area (Å²) in [4.78, 5) is 0. The summed E-state index contributed by atoms with van der Waals surface area (Å²) in [6, 6.07) is 4.61. The van der Waals surface area contributed by atoms with Crippen LogP contribution >= 0.6 is 0 Å². The minimum absolute atomic E-state index is 0.0526. The molecule has 1 saturated carbocycles. The third-order valence-electron chi connectivity index (χ3n) is 3.95. The molecule has 2 rings (SSSR count). The molecule has 24 heavy (non-hydrogen) atoms. The molecule has 1 aromatic rings. The SMILES string of the molecule is C/C=C/CCS(=O)(=O)NC1(c2ccc(F)c(OCC(C)C)c2)CC1. The standard InChI is InChI=1S/C18H26FNO3S/c1-4-5-6-11-24(21,22)20-18(9-10-18)15-7-8-16(19)17(12-15)23-13-14(2)3/h4-5,7-8,12,14,20H,6,9-11,13H2,1-3H3/b5-4+. The molecule has 0 atom stereocenters. The van der Waals surface area contributed by atoms with Gasteiger partial charge in [-0.25, -0.2) is 17.5 Å². The number of hydrogen-bond donors (Lipinski definition) is 1. The van der Waals surface area contributed by atoms with Gasteiger partial charge in [-0.2, -0.15) is 0 Å². The number of ether oxygens (including phenoxy) is 1. The van der Waals surface area contributed by atoms with Crippen LogP contribution in [0.15, 0.2) is 30.4 Å². The van der Waals surface area contributed by atoms with Gasteiger partial charge in [0.2, 0.25) is 10.0 Å². The molecular weight excluding hydrogens is 329 g/mol. The normalized spacial score (nSPS) is 16.7. The lowest BCUT2D eigenvalue weighted by Gasteiger charge is -2.19. The lowest BCUT2D eigenvalue weighted by molar-refractivity contribution is 0.259. The van der Waals surface area contributed by atoms with Gasteiger partial charge in [0, 0.05) is 0 Å². The second kappa shape index (κ2) is 7.66. The van der Waals surface area contributed by atoms with Crippen molar-refractivity contribution in [1.82, 2.24) is 4.72 Å². The zero-order valence-electron chi connectivity index (χ0n) is 14.5. The Bertz CT molecular complexity index is 694. The Morgan fingerprint density at radius 1 is 1.38 bits per heavy atom. The van der Waals surface area contributed by atoms with Gasteiger partial charge in [-0.3, -0.25) is 0 Å². The first-order valence-electron chi connectivity index (χ1n) is 8.33. The van der Waals surface area contributed by atoms with E-state index in [2.05, 4.69) is 4.72 Å². The van der Waals surface area contributed by atoms with Crippen molar-refractivity contribution in [1.29, 1.82) is 0 Å². The summed E-state index contributed by atoms with van der Waals surface area (Å²) in [6.45, 7) is 6.26. The zero-order chi connectivity index (χ0) is 17.8. The molecule has 4 nitrogen and oxygen atoms in total. The Morgan fingerprint density at radius 2 is 2.08 bits per heavy atom. The van der Waals surface area contributed by atoms with E-state index in [0.29, 0.717) is 25.9 Å². The highest BCUT2D eigenvalue weighted by molar-refractivity contribution is 7.89. The molecule has 1 aromatic carbocycles. The van der Waals surface area contributed by atoms with E-state index < -0.39 is 21.4 Å². The van der Waals surface area contributed by atoms with E-state index in [4.69, 9.17) is 4.74 Å². The largest absolute Gasteiger partial charge is 0.490 e. The van der Waals surface area contributed by atoms with E-state index in [0.717, 1.165) is 5.56 Å². The average Bonchev–Trinajstić information content (AvgIpc) is 3.26. The average molecular weight is 355 g/mol. The summed E-state index contributed by atoms with van der Waals surface area (Å²) >= 11 is 0. The Hall–Kier alpha value is -1.40. The fourth-order valence-corrected chi connectivity index (χ4v) is 3.95. The van der Waals surface area contributed by atoms with E-state index >= 15 is 0 Å². The predicted molar refractivity (Wildman–Crippen MR) is 94.0 cm³/mol. The van der Waals surface area contributed by atoms with Crippen molar-refractivity contribution in [3.8, 4) is 5.75 Å². The van der Waals surface area contributed by atoms with Crippen molar-refractivity contribution >= 4 is 10.0 Å². The molecule has 6 heteroatoms. The van der Waals surface area contributed by atoms with Crippen LogP contribution in [0.4, 0.5) is 4.39 Å². The molecule has 0 unspecified atom stereocenters. The fraction of sp³-hybridized carbons (Fsp3) is 0.556. The maximum atomic E-state index is 13.9. The smallest absolute Gasteiger partial charge is 0.212 e. The van der Waals surface area contributed by atoms with Gasteiger partial charge in [0.1, 0.15) is 0 Å². The molecule has 0 aromatic heterocycles. The topological polar surface area (TPSA) is 55.4 Å². The van der Waals surface area contributed by atoms with Gasteiger partial charge in [-0.15, -0.1) is 0 Å². The molecular formula is C18H26FNO3S. The van der Waals surface area contributed by atoms with Crippen LogP contribution in [-0.4, -0.2) is 20.8 Å². The Morgan fingerprint density at radius 3 is 2.67 bits per heavy atom. The quantitative estimate of drug-likeness (QED) is 0.687. The first-order valence-corrected chi connectivity index (χ1v) is 9.99. The highest BCUT2D eigenvalue weighted by Gasteiger charge is 2.47. The second-order valence-electron chi connectivity index (χ2n) is 6.71. The summed E-state index contributed by atoms with van der Waals surface area (Å²) in [5, 5.41) is 0. The van der Waals surface area contributed by atoms with E-state index in [1.54, 1.807) is 12.1 Å². The summed E-state index contributed by atoms with van der Waals surface area (Å²) < 4.78 is 46.7. The first kappa shape index (κ1) is 18.9. The summed E-state index contributed by atoms with van der Waals surface area (Å²) in [7, 11) is -3.38. The first-order chi connectivity index (χ1) is 11.3. The third-order valence-corrected chi connectivity index (χ3v) is 5.42. The lowest BCUT2D eigenvalue weighted by Crippen LogP contribution is -2.36. The van der Waals surface area contributed by atoms with Crippen LogP contribution in [0.2, 0.25) is 0 Å². The molecule has 0 saturated heterocycles. The summed E-state index contributed by atoms with van der Waals surface area (Å²) in [5.74, 6) is 0.0940. The third kappa shape index (κ3) is 5.05. The van der Waals surface area contributed by atoms with Crippen LogP contribution in [0.3, 0.4) is 0 Å². The number of halogens is 1. The van der Waals surface area contributed by atoms with Crippen molar-refractivity contribution in [2.24, 2.45) is 5.92 Å².